The molecule has 0 bridgehead atoms. The Labute approximate surface area is 96.3 Å². The molecule has 0 aliphatic carbocycles. The molecule has 1 atom stereocenters. The summed E-state index contributed by atoms with van der Waals surface area (Å²) in [4.78, 5) is 0. The van der Waals surface area contributed by atoms with Gasteiger partial charge in [-0.3, -0.25) is 0 Å². The van der Waals surface area contributed by atoms with Crippen LogP contribution in [0, 0.1) is 13.8 Å². The summed E-state index contributed by atoms with van der Waals surface area (Å²) in [7, 11) is 0. The van der Waals surface area contributed by atoms with Gasteiger partial charge in [-0.15, -0.1) is 0 Å². The van der Waals surface area contributed by atoms with E-state index in [1.807, 2.05) is 19.1 Å². The van der Waals surface area contributed by atoms with Crippen LogP contribution < -0.4 is 5.32 Å². The number of hydrogen-bond donors (Lipinski definition) is 2. The lowest BCUT2D eigenvalue weighted by molar-refractivity contribution is 0.251. The van der Waals surface area contributed by atoms with Crippen LogP contribution in [0.4, 0.5) is 0 Å². The molecular formula is C12H18ClNO. The third kappa shape index (κ3) is 3.49. The van der Waals surface area contributed by atoms with Crippen LogP contribution in [0.25, 0.3) is 0 Å². The van der Waals surface area contributed by atoms with Crippen LogP contribution in [0.2, 0.25) is 5.02 Å². The van der Waals surface area contributed by atoms with E-state index in [1.165, 1.54) is 16.7 Å². The highest BCUT2D eigenvalue weighted by Gasteiger charge is 2.05. The highest BCUT2D eigenvalue weighted by molar-refractivity contribution is 6.30. The molecule has 0 amide bonds. The number of nitrogens with one attached hydrogen (secondary N) is 1. The largest absolute Gasteiger partial charge is 0.395 e. The second-order valence-electron chi connectivity index (χ2n) is 3.98. The van der Waals surface area contributed by atoms with Crippen molar-refractivity contribution in [1.82, 2.24) is 5.32 Å². The number of benzene rings is 1. The first-order valence-corrected chi connectivity index (χ1v) is 5.52. The highest BCUT2D eigenvalue weighted by atomic mass is 35.5. The fourth-order valence-corrected chi connectivity index (χ4v) is 1.89. The van der Waals surface area contributed by atoms with Gasteiger partial charge >= 0.3 is 0 Å². The van der Waals surface area contributed by atoms with Gasteiger partial charge in [0.25, 0.3) is 0 Å². The monoisotopic (exact) mass is 227 g/mol. The molecule has 15 heavy (non-hydrogen) atoms. The van der Waals surface area contributed by atoms with Crippen LogP contribution >= 0.6 is 11.6 Å². The second kappa shape index (κ2) is 5.50. The zero-order valence-electron chi connectivity index (χ0n) is 9.47. The first-order valence-electron chi connectivity index (χ1n) is 5.14. The number of aryl methyl sites for hydroxylation is 2. The van der Waals surface area contributed by atoms with Gasteiger partial charge < -0.3 is 10.4 Å². The summed E-state index contributed by atoms with van der Waals surface area (Å²) in [5.41, 5.74) is 3.65. The van der Waals surface area contributed by atoms with Gasteiger partial charge in [0.05, 0.1) is 6.61 Å². The van der Waals surface area contributed by atoms with Gasteiger partial charge in [-0.05, 0) is 49.6 Å². The number of rotatable bonds is 4. The average Bonchev–Trinajstić information content (AvgIpc) is 2.15. The summed E-state index contributed by atoms with van der Waals surface area (Å²) < 4.78 is 0. The lowest BCUT2D eigenvalue weighted by atomic mass is 10.0. The van der Waals surface area contributed by atoms with Gasteiger partial charge in [0.15, 0.2) is 0 Å². The maximum absolute atomic E-state index is 8.91. The topological polar surface area (TPSA) is 32.3 Å². The van der Waals surface area contributed by atoms with E-state index in [1.54, 1.807) is 0 Å². The Morgan fingerprint density at radius 3 is 2.33 bits per heavy atom. The maximum Gasteiger partial charge on any atom is 0.0582 e. The van der Waals surface area contributed by atoms with Crippen molar-refractivity contribution in [1.29, 1.82) is 0 Å². The third-order valence-electron chi connectivity index (χ3n) is 2.56. The zero-order valence-corrected chi connectivity index (χ0v) is 10.2. The molecule has 0 aliphatic heterocycles. The van der Waals surface area contributed by atoms with Crippen molar-refractivity contribution < 1.29 is 5.11 Å². The smallest absolute Gasteiger partial charge is 0.0582 e. The van der Waals surface area contributed by atoms with Crippen molar-refractivity contribution in [3.63, 3.8) is 0 Å². The number of hydrogen-bond acceptors (Lipinski definition) is 2. The quantitative estimate of drug-likeness (QED) is 0.828. The molecule has 3 heteroatoms. The molecule has 0 spiro atoms. The minimum atomic E-state index is 0.125. The highest BCUT2D eigenvalue weighted by Crippen LogP contribution is 2.19. The molecule has 0 heterocycles. The Morgan fingerprint density at radius 1 is 1.33 bits per heavy atom. The van der Waals surface area contributed by atoms with Gasteiger partial charge in [-0.2, -0.15) is 0 Å². The van der Waals surface area contributed by atoms with E-state index in [0.717, 1.165) is 11.6 Å². The van der Waals surface area contributed by atoms with Crippen molar-refractivity contribution in [2.75, 3.05) is 6.61 Å². The van der Waals surface area contributed by atoms with Gasteiger partial charge in [-0.1, -0.05) is 11.6 Å². The van der Waals surface area contributed by atoms with Crippen molar-refractivity contribution in [3.05, 3.63) is 33.8 Å². The van der Waals surface area contributed by atoms with Crippen LogP contribution in [-0.2, 0) is 6.54 Å². The molecule has 1 rings (SSSR count). The Hall–Kier alpha value is -0.570. The maximum atomic E-state index is 8.91. The van der Waals surface area contributed by atoms with E-state index < -0.39 is 0 Å². The summed E-state index contributed by atoms with van der Waals surface area (Å²) in [6, 6.07) is 4.06. The van der Waals surface area contributed by atoms with E-state index in [2.05, 4.69) is 19.2 Å². The van der Waals surface area contributed by atoms with Crippen molar-refractivity contribution in [2.24, 2.45) is 0 Å². The lowest BCUT2D eigenvalue weighted by Crippen LogP contribution is -2.29. The normalized spacial score (nSPS) is 12.9. The Balaban J connectivity index is 2.77. The van der Waals surface area contributed by atoms with Crippen LogP contribution in [0.5, 0.6) is 0 Å². The fourth-order valence-electron chi connectivity index (χ4n) is 1.56. The fraction of sp³-hybridized carbons (Fsp3) is 0.500. The molecule has 0 aliphatic rings. The minimum absolute atomic E-state index is 0.125. The molecule has 1 unspecified atom stereocenters. The molecule has 0 aromatic heterocycles. The Morgan fingerprint density at radius 2 is 1.87 bits per heavy atom. The van der Waals surface area contributed by atoms with E-state index in [9.17, 15) is 0 Å². The molecule has 0 radical (unpaired) electrons. The summed E-state index contributed by atoms with van der Waals surface area (Å²) in [6.07, 6.45) is 0. The lowest BCUT2D eigenvalue weighted by Gasteiger charge is -2.14. The second-order valence-corrected chi connectivity index (χ2v) is 4.42. The van der Waals surface area contributed by atoms with Gasteiger partial charge in [-0.25, -0.2) is 0 Å². The van der Waals surface area contributed by atoms with Gasteiger partial charge in [0, 0.05) is 17.6 Å². The predicted molar refractivity (Wildman–Crippen MR) is 64.3 cm³/mol. The van der Waals surface area contributed by atoms with Crippen LogP contribution in [0.1, 0.15) is 23.6 Å². The van der Waals surface area contributed by atoms with E-state index in [4.69, 9.17) is 16.7 Å². The third-order valence-corrected chi connectivity index (χ3v) is 2.78. The number of aliphatic hydroxyl groups excluding tert-OH is 1. The molecule has 0 saturated heterocycles. The molecule has 2 nitrogen and oxygen atoms in total. The zero-order chi connectivity index (χ0) is 11.4. The van der Waals surface area contributed by atoms with Crippen LogP contribution in [0.3, 0.4) is 0 Å². The van der Waals surface area contributed by atoms with E-state index >= 15 is 0 Å². The minimum Gasteiger partial charge on any atom is -0.395 e. The molecule has 2 N–H and O–H groups in total. The molecular weight excluding hydrogens is 210 g/mol. The molecule has 1 aromatic rings. The Kier molecular flexibility index (Phi) is 4.58. The molecule has 1 aromatic carbocycles. The SMILES string of the molecule is Cc1cc(Cl)cc(C)c1CNC(C)CO. The van der Waals surface area contributed by atoms with Gasteiger partial charge in [0.1, 0.15) is 0 Å². The van der Waals surface area contributed by atoms with E-state index in [-0.39, 0.29) is 12.6 Å². The first kappa shape index (κ1) is 12.5. The van der Waals surface area contributed by atoms with Crippen molar-refractivity contribution in [2.45, 2.75) is 33.4 Å². The number of aliphatic hydroxyl groups is 1. The van der Waals surface area contributed by atoms with Crippen molar-refractivity contribution >= 4 is 11.6 Å². The standard InChI is InChI=1S/C12H18ClNO/c1-8-4-11(13)5-9(2)12(8)6-14-10(3)7-15/h4-5,10,14-15H,6-7H2,1-3H3. The number of halogens is 1. The first-order chi connectivity index (χ1) is 7.04. The summed E-state index contributed by atoms with van der Waals surface area (Å²) in [5, 5.41) is 12.9. The molecule has 0 fully saturated rings. The summed E-state index contributed by atoms with van der Waals surface area (Å²) >= 11 is 5.95. The van der Waals surface area contributed by atoms with Gasteiger partial charge in [0.2, 0.25) is 0 Å². The molecule has 84 valence electrons. The Bertz CT molecular complexity index is 315. The van der Waals surface area contributed by atoms with Crippen molar-refractivity contribution in [3.8, 4) is 0 Å². The molecule has 0 saturated carbocycles. The predicted octanol–water partition coefficient (Wildman–Crippen LogP) is 2.43. The summed E-state index contributed by atoms with van der Waals surface area (Å²) in [6.45, 7) is 7.00. The van der Waals surface area contributed by atoms with E-state index in [0.29, 0.717) is 0 Å². The van der Waals surface area contributed by atoms with Crippen LogP contribution in [0.15, 0.2) is 12.1 Å². The van der Waals surface area contributed by atoms with Crippen LogP contribution in [-0.4, -0.2) is 17.8 Å². The average molecular weight is 228 g/mol. The summed E-state index contributed by atoms with van der Waals surface area (Å²) in [5.74, 6) is 0.